The third kappa shape index (κ3) is 5.35. The molecule has 112 valence electrons. The molecule has 0 heterocycles. The summed E-state index contributed by atoms with van der Waals surface area (Å²) in [4.78, 5) is 15.9. The number of halogens is 1. The highest BCUT2D eigenvalue weighted by Gasteiger charge is 2.14. The molecule has 1 N–H and O–H groups in total. The average molecular weight is 305 g/mol. The molecule has 1 aromatic rings. The van der Waals surface area contributed by atoms with Gasteiger partial charge in [-0.15, -0.1) is 0 Å². The van der Waals surface area contributed by atoms with Crippen LogP contribution >= 0.6 is 11.6 Å². The quantitative estimate of drug-likeness (QED) is 0.831. The van der Waals surface area contributed by atoms with E-state index in [0.29, 0.717) is 11.1 Å². The van der Waals surface area contributed by atoms with Crippen LogP contribution in [0.4, 0.5) is 0 Å². The average Bonchev–Trinajstić information content (AvgIpc) is 2.48. The Hall–Kier alpha value is -1.61. The van der Waals surface area contributed by atoms with Crippen LogP contribution in [-0.4, -0.2) is 18.2 Å². The molecule has 0 saturated heterocycles. The summed E-state index contributed by atoms with van der Waals surface area (Å²) in [6.07, 6.45) is 8.89. The highest BCUT2D eigenvalue weighted by molar-refractivity contribution is 6.30. The zero-order valence-electron chi connectivity index (χ0n) is 12.3. The van der Waals surface area contributed by atoms with Crippen LogP contribution in [-0.2, 0) is 4.79 Å². The molecule has 0 aromatic heterocycles. The minimum Gasteiger partial charge on any atom is -0.349 e. The molecule has 1 saturated carbocycles. The molecule has 1 fully saturated rings. The molecule has 0 spiro atoms. The van der Waals surface area contributed by atoms with Crippen molar-refractivity contribution in [3.05, 3.63) is 41.1 Å². The van der Waals surface area contributed by atoms with E-state index in [1.54, 1.807) is 6.20 Å². The Bertz CT molecular complexity index is 545. The Labute approximate surface area is 131 Å². The summed E-state index contributed by atoms with van der Waals surface area (Å²) in [7, 11) is 0. The lowest BCUT2D eigenvalue weighted by molar-refractivity contribution is -0.115. The molecule has 4 heteroatoms. The first-order valence-corrected chi connectivity index (χ1v) is 7.79. The first kappa shape index (κ1) is 15.8. The van der Waals surface area contributed by atoms with Gasteiger partial charge in [0.05, 0.1) is 6.21 Å². The number of rotatable bonds is 4. The van der Waals surface area contributed by atoms with Crippen molar-refractivity contribution in [3.8, 4) is 0 Å². The van der Waals surface area contributed by atoms with Crippen LogP contribution in [0.25, 0.3) is 5.57 Å². The van der Waals surface area contributed by atoms with Crippen molar-refractivity contribution in [2.75, 3.05) is 0 Å². The van der Waals surface area contributed by atoms with E-state index in [1.807, 2.05) is 31.2 Å². The van der Waals surface area contributed by atoms with Crippen LogP contribution in [0.2, 0.25) is 5.02 Å². The fourth-order valence-corrected chi connectivity index (χ4v) is 2.70. The van der Waals surface area contributed by atoms with E-state index in [4.69, 9.17) is 11.6 Å². The number of nitrogens with one attached hydrogen (secondary N) is 1. The van der Waals surface area contributed by atoms with Gasteiger partial charge in [-0.05, 0) is 43.0 Å². The first-order chi connectivity index (χ1) is 10.1. The minimum atomic E-state index is -0.114. The maximum absolute atomic E-state index is 11.8. The fourth-order valence-electron chi connectivity index (χ4n) is 2.51. The predicted molar refractivity (Wildman–Crippen MR) is 88.6 cm³/mol. The summed E-state index contributed by atoms with van der Waals surface area (Å²) in [6.45, 7) is 1.95. The van der Waals surface area contributed by atoms with Gasteiger partial charge in [-0.25, -0.2) is 0 Å². The monoisotopic (exact) mass is 304 g/mol. The normalized spacial score (nSPS) is 17.1. The summed E-state index contributed by atoms with van der Waals surface area (Å²) in [5.74, 6) is -0.114. The molecule has 0 bridgehead atoms. The highest BCUT2D eigenvalue weighted by atomic mass is 35.5. The van der Waals surface area contributed by atoms with Crippen LogP contribution < -0.4 is 5.32 Å². The number of allylic oxidation sites excluding steroid dienone is 1. The smallest absolute Gasteiger partial charge is 0.262 e. The Morgan fingerprint density at radius 2 is 2.10 bits per heavy atom. The molecule has 1 amide bonds. The Balaban J connectivity index is 1.88. The molecule has 1 aromatic carbocycles. The molecule has 1 aliphatic carbocycles. The third-order valence-electron chi connectivity index (χ3n) is 3.69. The Morgan fingerprint density at radius 3 is 2.81 bits per heavy atom. The molecular weight excluding hydrogens is 284 g/mol. The number of benzene rings is 1. The predicted octanol–water partition coefficient (Wildman–Crippen LogP) is 4.22. The molecule has 0 atom stereocenters. The zero-order chi connectivity index (χ0) is 15.1. The summed E-state index contributed by atoms with van der Waals surface area (Å²) < 4.78 is 0. The second-order valence-electron chi connectivity index (χ2n) is 5.44. The maximum Gasteiger partial charge on any atom is 0.262 e. The van der Waals surface area contributed by atoms with Crippen LogP contribution in [0, 0.1) is 0 Å². The maximum atomic E-state index is 11.8. The molecule has 1 aliphatic rings. The van der Waals surface area contributed by atoms with E-state index < -0.39 is 0 Å². The number of hydrogen-bond donors (Lipinski definition) is 1. The Kier molecular flexibility index (Phi) is 6.00. The lowest BCUT2D eigenvalue weighted by atomic mass is 9.95. The van der Waals surface area contributed by atoms with Crippen LogP contribution in [0.1, 0.15) is 44.6 Å². The first-order valence-electron chi connectivity index (χ1n) is 7.41. The second-order valence-corrected chi connectivity index (χ2v) is 5.88. The van der Waals surface area contributed by atoms with E-state index in [2.05, 4.69) is 10.3 Å². The molecular formula is C17H21ClN2O. The number of aliphatic imine (C=N–C) groups is 1. The van der Waals surface area contributed by atoms with Gasteiger partial charge in [-0.2, -0.15) is 0 Å². The van der Waals surface area contributed by atoms with Gasteiger partial charge in [-0.3, -0.25) is 9.79 Å². The van der Waals surface area contributed by atoms with E-state index in [1.165, 1.54) is 25.5 Å². The summed E-state index contributed by atoms with van der Waals surface area (Å²) in [6, 6.07) is 7.89. The van der Waals surface area contributed by atoms with E-state index in [0.717, 1.165) is 24.0 Å². The second kappa shape index (κ2) is 7.99. The lowest BCUT2D eigenvalue weighted by Gasteiger charge is -2.21. The van der Waals surface area contributed by atoms with Crippen molar-refractivity contribution in [2.45, 2.75) is 45.1 Å². The van der Waals surface area contributed by atoms with Gasteiger partial charge < -0.3 is 5.32 Å². The minimum absolute atomic E-state index is 0.114. The van der Waals surface area contributed by atoms with Gasteiger partial charge >= 0.3 is 0 Å². The SMILES string of the molecule is C/C(=C/N=CC(=O)NC1CCCCC1)c1cccc(Cl)c1. The topological polar surface area (TPSA) is 41.5 Å². The Morgan fingerprint density at radius 1 is 1.33 bits per heavy atom. The van der Waals surface area contributed by atoms with Gasteiger partial charge in [0.15, 0.2) is 0 Å². The number of carbonyl (C=O) groups is 1. The van der Waals surface area contributed by atoms with Crippen molar-refractivity contribution in [1.82, 2.24) is 5.32 Å². The largest absolute Gasteiger partial charge is 0.349 e. The summed E-state index contributed by atoms with van der Waals surface area (Å²) in [5.41, 5.74) is 1.98. The van der Waals surface area contributed by atoms with E-state index >= 15 is 0 Å². The van der Waals surface area contributed by atoms with Crippen molar-refractivity contribution in [2.24, 2.45) is 4.99 Å². The van der Waals surface area contributed by atoms with Gasteiger partial charge in [0.1, 0.15) is 0 Å². The van der Waals surface area contributed by atoms with Gasteiger partial charge in [-0.1, -0.05) is 43.0 Å². The fraction of sp³-hybridized carbons (Fsp3) is 0.412. The van der Waals surface area contributed by atoms with E-state index in [-0.39, 0.29) is 5.91 Å². The van der Waals surface area contributed by atoms with Gasteiger partial charge in [0.2, 0.25) is 0 Å². The highest BCUT2D eigenvalue weighted by Crippen LogP contribution is 2.18. The summed E-state index contributed by atoms with van der Waals surface area (Å²) in [5, 5.41) is 3.70. The van der Waals surface area contributed by atoms with Gasteiger partial charge in [0, 0.05) is 17.3 Å². The van der Waals surface area contributed by atoms with Crippen molar-refractivity contribution in [1.29, 1.82) is 0 Å². The van der Waals surface area contributed by atoms with Crippen molar-refractivity contribution in [3.63, 3.8) is 0 Å². The number of nitrogens with zero attached hydrogens (tertiary/aromatic N) is 1. The van der Waals surface area contributed by atoms with Crippen LogP contribution in [0.15, 0.2) is 35.5 Å². The molecule has 3 nitrogen and oxygen atoms in total. The molecule has 0 radical (unpaired) electrons. The van der Waals surface area contributed by atoms with E-state index in [9.17, 15) is 4.79 Å². The molecule has 21 heavy (non-hydrogen) atoms. The molecule has 0 unspecified atom stereocenters. The molecule has 0 aliphatic heterocycles. The van der Waals surface area contributed by atoms with Crippen molar-refractivity contribution >= 4 is 29.3 Å². The lowest BCUT2D eigenvalue weighted by Crippen LogP contribution is -2.36. The number of amides is 1. The number of hydrogen-bond acceptors (Lipinski definition) is 2. The zero-order valence-corrected chi connectivity index (χ0v) is 13.1. The van der Waals surface area contributed by atoms with Crippen LogP contribution in [0.5, 0.6) is 0 Å². The summed E-state index contributed by atoms with van der Waals surface area (Å²) >= 11 is 5.95. The van der Waals surface area contributed by atoms with Crippen molar-refractivity contribution < 1.29 is 4.79 Å². The molecule has 2 rings (SSSR count). The standard InChI is InChI=1S/C17H21ClN2O/c1-13(14-6-5-7-15(18)10-14)11-19-12-17(21)20-16-8-3-2-4-9-16/h5-7,10-12,16H,2-4,8-9H2,1H3,(H,20,21)/b13-11-,19-12?. The number of carbonyl (C=O) groups excluding carboxylic acids is 1. The third-order valence-corrected chi connectivity index (χ3v) is 3.93. The van der Waals surface area contributed by atoms with Crippen LogP contribution in [0.3, 0.4) is 0 Å². The van der Waals surface area contributed by atoms with Gasteiger partial charge in [0.25, 0.3) is 5.91 Å².